The Labute approximate surface area is 114 Å². The van der Waals surface area contributed by atoms with Crippen molar-refractivity contribution in [3.63, 3.8) is 0 Å². The second-order valence-corrected chi connectivity index (χ2v) is 5.49. The van der Waals surface area contributed by atoms with Gasteiger partial charge < -0.3 is 14.8 Å². The Morgan fingerprint density at radius 2 is 2.05 bits per heavy atom. The first-order chi connectivity index (χ1) is 9.20. The summed E-state index contributed by atoms with van der Waals surface area (Å²) >= 11 is 0. The molecule has 0 amide bonds. The van der Waals surface area contributed by atoms with Crippen molar-refractivity contribution in [3.8, 4) is 0 Å². The van der Waals surface area contributed by atoms with Gasteiger partial charge in [0, 0.05) is 0 Å². The highest BCUT2D eigenvalue weighted by Gasteiger charge is 2.20. The Morgan fingerprint density at radius 1 is 1.37 bits per heavy atom. The van der Waals surface area contributed by atoms with Gasteiger partial charge in [0.05, 0.1) is 12.8 Å². The molecule has 0 saturated heterocycles. The topological polar surface area (TPSA) is 62.5 Å². The van der Waals surface area contributed by atoms with Crippen LogP contribution in [-0.4, -0.2) is 17.6 Å². The van der Waals surface area contributed by atoms with Crippen LogP contribution >= 0.6 is 0 Å². The van der Waals surface area contributed by atoms with Gasteiger partial charge in [0.15, 0.2) is 0 Å². The molecule has 0 atom stereocenters. The average molecular weight is 265 g/mol. The fourth-order valence-electron chi connectivity index (χ4n) is 2.90. The van der Waals surface area contributed by atoms with Gasteiger partial charge in [0.25, 0.3) is 0 Å². The van der Waals surface area contributed by atoms with E-state index in [0.717, 1.165) is 18.4 Å². The van der Waals surface area contributed by atoms with E-state index in [9.17, 15) is 4.79 Å². The predicted octanol–water partition coefficient (Wildman–Crippen LogP) is 3.28. The minimum absolute atomic E-state index is 0.266. The summed E-state index contributed by atoms with van der Waals surface area (Å²) in [4.78, 5) is 10.9. The monoisotopic (exact) mass is 265 g/mol. The smallest absolute Gasteiger partial charge is 0.339 e. The van der Waals surface area contributed by atoms with Gasteiger partial charge in [-0.1, -0.05) is 26.2 Å². The summed E-state index contributed by atoms with van der Waals surface area (Å²) in [5, 5.41) is 12.3. The van der Waals surface area contributed by atoms with Crippen LogP contribution in [0.5, 0.6) is 0 Å². The highest BCUT2D eigenvalue weighted by molar-refractivity contribution is 5.88. The Bertz CT molecular complexity index is 405. The van der Waals surface area contributed by atoms with Crippen LogP contribution in [0.15, 0.2) is 16.7 Å². The lowest BCUT2D eigenvalue weighted by Crippen LogP contribution is -2.26. The van der Waals surface area contributed by atoms with Crippen molar-refractivity contribution in [2.75, 3.05) is 6.54 Å². The summed E-state index contributed by atoms with van der Waals surface area (Å²) in [6.07, 6.45) is 7.99. The molecule has 2 N–H and O–H groups in total. The maximum absolute atomic E-state index is 10.9. The molecule has 0 unspecified atom stereocenters. The maximum Gasteiger partial charge on any atom is 0.339 e. The van der Waals surface area contributed by atoms with Crippen LogP contribution in [0.4, 0.5) is 0 Å². The Balaban J connectivity index is 1.72. The molecular formula is C15H23NO3. The lowest BCUT2D eigenvalue weighted by atomic mass is 9.81. The first-order valence-corrected chi connectivity index (χ1v) is 7.21. The molecule has 106 valence electrons. The van der Waals surface area contributed by atoms with Gasteiger partial charge in [-0.3, -0.25) is 0 Å². The molecular weight excluding hydrogens is 242 g/mol. The number of carbonyl (C=O) groups is 1. The zero-order valence-electron chi connectivity index (χ0n) is 11.5. The predicted molar refractivity (Wildman–Crippen MR) is 73.1 cm³/mol. The fourth-order valence-corrected chi connectivity index (χ4v) is 2.90. The number of aromatic carboxylic acids is 1. The summed E-state index contributed by atoms with van der Waals surface area (Å²) < 4.78 is 5.21. The van der Waals surface area contributed by atoms with Crippen LogP contribution < -0.4 is 5.32 Å². The molecule has 19 heavy (non-hydrogen) atoms. The highest BCUT2D eigenvalue weighted by atomic mass is 16.4. The van der Waals surface area contributed by atoms with E-state index in [4.69, 9.17) is 9.52 Å². The molecule has 1 fully saturated rings. The molecule has 4 nitrogen and oxygen atoms in total. The van der Waals surface area contributed by atoms with E-state index in [1.54, 1.807) is 0 Å². The summed E-state index contributed by atoms with van der Waals surface area (Å²) in [6.45, 7) is 3.73. The first kappa shape index (κ1) is 14.1. The Morgan fingerprint density at radius 3 is 2.68 bits per heavy atom. The van der Waals surface area contributed by atoms with E-state index in [2.05, 4.69) is 12.2 Å². The second-order valence-electron chi connectivity index (χ2n) is 5.49. The van der Waals surface area contributed by atoms with Crippen molar-refractivity contribution in [2.24, 2.45) is 11.8 Å². The van der Waals surface area contributed by atoms with Gasteiger partial charge in [-0.25, -0.2) is 4.79 Å². The van der Waals surface area contributed by atoms with Gasteiger partial charge in [0.1, 0.15) is 11.3 Å². The molecule has 0 aromatic carbocycles. The van der Waals surface area contributed by atoms with Crippen LogP contribution in [0.1, 0.15) is 55.1 Å². The molecule has 1 heterocycles. The zero-order chi connectivity index (χ0) is 13.7. The lowest BCUT2D eigenvalue weighted by molar-refractivity contribution is 0.0694. The van der Waals surface area contributed by atoms with Crippen LogP contribution in [0.2, 0.25) is 0 Å². The summed E-state index contributed by atoms with van der Waals surface area (Å²) in [6, 6.07) is 1.51. The number of hydrogen-bond acceptors (Lipinski definition) is 3. The average Bonchev–Trinajstić information content (AvgIpc) is 2.88. The quantitative estimate of drug-likeness (QED) is 0.828. The minimum atomic E-state index is -0.922. The van der Waals surface area contributed by atoms with Crippen molar-refractivity contribution in [3.05, 3.63) is 23.7 Å². The summed E-state index contributed by atoms with van der Waals surface area (Å²) in [5.74, 6) is 1.25. The molecule has 0 aliphatic heterocycles. The lowest BCUT2D eigenvalue weighted by Gasteiger charge is -2.27. The van der Waals surface area contributed by atoms with Gasteiger partial charge in [-0.05, 0) is 37.3 Å². The van der Waals surface area contributed by atoms with Crippen LogP contribution in [0.3, 0.4) is 0 Å². The van der Waals surface area contributed by atoms with E-state index < -0.39 is 5.97 Å². The number of carboxylic acids is 1. The molecule has 1 aliphatic rings. The standard InChI is InChI=1S/C15H23NO3/c1-2-11-3-5-12(6-4-11)9-16-10-14-13(15(17)18)7-8-19-14/h7-8,11-12,16H,2-6,9-10H2,1H3,(H,17,18). The summed E-state index contributed by atoms with van der Waals surface area (Å²) in [7, 11) is 0. The fraction of sp³-hybridized carbons (Fsp3) is 0.667. The molecule has 0 radical (unpaired) electrons. The maximum atomic E-state index is 10.9. The zero-order valence-corrected chi connectivity index (χ0v) is 11.5. The molecule has 4 heteroatoms. The van der Waals surface area contributed by atoms with Crippen LogP contribution in [0, 0.1) is 11.8 Å². The molecule has 1 aromatic rings. The number of hydrogen-bond donors (Lipinski definition) is 2. The van der Waals surface area contributed by atoms with Crippen molar-refractivity contribution < 1.29 is 14.3 Å². The first-order valence-electron chi connectivity index (χ1n) is 7.21. The van der Waals surface area contributed by atoms with Gasteiger partial charge >= 0.3 is 5.97 Å². The number of rotatable bonds is 6. The van der Waals surface area contributed by atoms with E-state index >= 15 is 0 Å². The molecule has 0 bridgehead atoms. The second kappa shape index (κ2) is 6.75. The van der Waals surface area contributed by atoms with E-state index in [1.165, 1.54) is 44.4 Å². The normalized spacial score (nSPS) is 23.4. The van der Waals surface area contributed by atoms with Gasteiger partial charge in [-0.2, -0.15) is 0 Å². The van der Waals surface area contributed by atoms with E-state index in [0.29, 0.717) is 12.3 Å². The van der Waals surface area contributed by atoms with Gasteiger partial charge in [-0.15, -0.1) is 0 Å². The van der Waals surface area contributed by atoms with Crippen molar-refractivity contribution >= 4 is 5.97 Å². The third kappa shape index (κ3) is 3.83. The van der Waals surface area contributed by atoms with Crippen molar-refractivity contribution in [1.29, 1.82) is 0 Å². The SMILES string of the molecule is CCC1CCC(CNCc2occc2C(=O)O)CC1. The number of carboxylic acid groups (broad SMARTS) is 1. The summed E-state index contributed by atoms with van der Waals surface area (Å²) in [5.41, 5.74) is 0.266. The number of furan rings is 1. The van der Waals surface area contributed by atoms with E-state index in [-0.39, 0.29) is 5.56 Å². The van der Waals surface area contributed by atoms with Crippen molar-refractivity contribution in [2.45, 2.75) is 45.6 Å². The molecule has 1 saturated carbocycles. The molecule has 1 aliphatic carbocycles. The van der Waals surface area contributed by atoms with Crippen molar-refractivity contribution in [1.82, 2.24) is 5.32 Å². The molecule has 0 spiro atoms. The van der Waals surface area contributed by atoms with E-state index in [1.807, 2.05) is 0 Å². The number of nitrogens with one attached hydrogen (secondary N) is 1. The van der Waals surface area contributed by atoms with Crippen LogP contribution in [-0.2, 0) is 6.54 Å². The highest BCUT2D eigenvalue weighted by Crippen LogP contribution is 2.30. The molecule has 1 aromatic heterocycles. The Kier molecular flexibility index (Phi) is 5.02. The Hall–Kier alpha value is -1.29. The molecule has 2 rings (SSSR count). The largest absolute Gasteiger partial charge is 0.478 e. The third-order valence-corrected chi connectivity index (χ3v) is 4.24. The minimum Gasteiger partial charge on any atom is -0.478 e. The third-order valence-electron chi connectivity index (χ3n) is 4.24. The van der Waals surface area contributed by atoms with Crippen LogP contribution in [0.25, 0.3) is 0 Å². The van der Waals surface area contributed by atoms with Gasteiger partial charge in [0.2, 0.25) is 0 Å².